The lowest BCUT2D eigenvalue weighted by Gasteiger charge is -2.16. The van der Waals surface area contributed by atoms with Gasteiger partial charge in [-0.05, 0) is 18.3 Å². The molecule has 0 radical (unpaired) electrons. The predicted octanol–water partition coefficient (Wildman–Crippen LogP) is 1.71. The number of aromatic nitrogens is 1. The lowest BCUT2D eigenvalue weighted by molar-refractivity contribution is -0.138. The molecule has 1 aliphatic rings. The molecule has 1 aromatic rings. The fourth-order valence-electron chi connectivity index (χ4n) is 2.20. The number of hydrogen-bond donors (Lipinski definition) is 2. The monoisotopic (exact) mass is 269 g/mol. The Balaban J connectivity index is 2.05. The van der Waals surface area contributed by atoms with E-state index >= 15 is 0 Å². The topological polar surface area (TPSA) is 79.5 Å². The largest absolute Gasteiger partial charge is 0.480 e. The minimum absolute atomic E-state index is 0.454. The smallest absolute Gasteiger partial charge is 0.326 e. The molecule has 1 aliphatic heterocycles. The van der Waals surface area contributed by atoms with Crippen LogP contribution in [0.25, 0.3) is 0 Å². The van der Waals surface area contributed by atoms with Gasteiger partial charge in [0.2, 0.25) is 0 Å². The zero-order valence-electron chi connectivity index (χ0n) is 10.7. The highest BCUT2D eigenvalue weighted by atomic mass is 32.1. The summed E-state index contributed by atoms with van der Waals surface area (Å²) in [6.45, 7) is 6.48. The summed E-state index contributed by atoms with van der Waals surface area (Å²) >= 11 is 1.48. The van der Waals surface area contributed by atoms with E-state index < -0.39 is 12.0 Å². The Morgan fingerprint density at radius 3 is 2.94 bits per heavy atom. The Hall–Kier alpha value is -1.14. The van der Waals surface area contributed by atoms with Crippen LogP contribution < -0.4 is 10.6 Å². The normalized spacial score (nSPS) is 21.6. The van der Waals surface area contributed by atoms with E-state index in [4.69, 9.17) is 10.8 Å². The average Bonchev–Trinajstić information content (AvgIpc) is 2.96. The summed E-state index contributed by atoms with van der Waals surface area (Å²) in [5, 5.41) is 11.5. The number of nitrogens with two attached hydrogens (primary N) is 1. The molecule has 100 valence electrons. The summed E-state index contributed by atoms with van der Waals surface area (Å²) in [5.41, 5.74) is 6.01. The molecule has 0 aliphatic carbocycles. The fourth-order valence-corrected chi connectivity index (χ4v) is 3.09. The minimum Gasteiger partial charge on any atom is -0.480 e. The highest BCUT2D eigenvalue weighted by Crippen LogP contribution is 2.31. The van der Waals surface area contributed by atoms with E-state index in [0.717, 1.165) is 18.2 Å². The summed E-state index contributed by atoms with van der Waals surface area (Å²) < 4.78 is 0. The van der Waals surface area contributed by atoms with Crippen molar-refractivity contribution in [3.63, 3.8) is 0 Å². The Morgan fingerprint density at radius 2 is 2.39 bits per heavy atom. The van der Waals surface area contributed by atoms with Crippen LogP contribution in [-0.2, 0) is 4.79 Å². The number of hydrogen-bond acceptors (Lipinski definition) is 5. The van der Waals surface area contributed by atoms with Gasteiger partial charge in [0.05, 0.1) is 5.69 Å². The van der Waals surface area contributed by atoms with Crippen molar-refractivity contribution in [3.8, 4) is 0 Å². The second-order valence-corrected chi connectivity index (χ2v) is 5.95. The van der Waals surface area contributed by atoms with E-state index in [-0.39, 0.29) is 0 Å². The average molecular weight is 269 g/mol. The second-order valence-electron chi connectivity index (χ2n) is 5.11. The van der Waals surface area contributed by atoms with E-state index in [9.17, 15) is 4.79 Å². The van der Waals surface area contributed by atoms with Crippen molar-refractivity contribution in [2.45, 2.75) is 26.3 Å². The molecule has 1 aromatic heterocycles. The highest BCUT2D eigenvalue weighted by Gasteiger charge is 2.27. The molecule has 1 fully saturated rings. The van der Waals surface area contributed by atoms with Crippen LogP contribution in [-0.4, -0.2) is 29.1 Å². The number of carbonyl (C=O) groups is 1. The van der Waals surface area contributed by atoms with E-state index in [2.05, 4.69) is 23.7 Å². The molecular weight excluding hydrogens is 250 g/mol. The number of thiazole rings is 1. The van der Waals surface area contributed by atoms with E-state index in [1.807, 2.05) is 0 Å². The third-order valence-electron chi connectivity index (χ3n) is 3.53. The van der Waals surface area contributed by atoms with Gasteiger partial charge in [-0.2, -0.15) is 0 Å². The van der Waals surface area contributed by atoms with Gasteiger partial charge in [0, 0.05) is 18.5 Å². The molecule has 2 unspecified atom stereocenters. The molecule has 18 heavy (non-hydrogen) atoms. The third-order valence-corrected chi connectivity index (χ3v) is 4.45. The van der Waals surface area contributed by atoms with Crippen LogP contribution in [0.1, 0.15) is 32.0 Å². The maximum Gasteiger partial charge on any atom is 0.326 e. The summed E-state index contributed by atoms with van der Waals surface area (Å²) in [4.78, 5) is 17.4. The maximum absolute atomic E-state index is 10.8. The first-order chi connectivity index (χ1) is 8.49. The third kappa shape index (κ3) is 2.64. The van der Waals surface area contributed by atoms with Crippen LogP contribution >= 0.6 is 11.3 Å². The van der Waals surface area contributed by atoms with Crippen molar-refractivity contribution in [2.75, 3.05) is 18.0 Å². The molecule has 2 atom stereocenters. The lowest BCUT2D eigenvalue weighted by atomic mass is 9.95. The SMILES string of the molecule is CC(C)C1CCN(c2nc(C(N)C(=O)O)cs2)C1. The molecule has 5 nitrogen and oxygen atoms in total. The van der Waals surface area contributed by atoms with Crippen molar-refractivity contribution in [2.24, 2.45) is 17.6 Å². The predicted molar refractivity (Wildman–Crippen MR) is 71.8 cm³/mol. The van der Waals surface area contributed by atoms with Gasteiger partial charge in [-0.3, -0.25) is 4.79 Å². The van der Waals surface area contributed by atoms with E-state index in [0.29, 0.717) is 17.5 Å². The molecule has 0 aromatic carbocycles. The first kappa shape index (κ1) is 13.3. The van der Waals surface area contributed by atoms with Gasteiger partial charge in [0.25, 0.3) is 0 Å². The highest BCUT2D eigenvalue weighted by molar-refractivity contribution is 7.13. The van der Waals surface area contributed by atoms with Gasteiger partial charge in [-0.25, -0.2) is 4.98 Å². The zero-order chi connectivity index (χ0) is 13.3. The minimum atomic E-state index is -1.03. The van der Waals surface area contributed by atoms with Crippen molar-refractivity contribution < 1.29 is 9.90 Å². The lowest BCUT2D eigenvalue weighted by Crippen LogP contribution is -2.23. The molecule has 1 saturated heterocycles. The van der Waals surface area contributed by atoms with Gasteiger partial charge >= 0.3 is 5.97 Å². The summed E-state index contributed by atoms with van der Waals surface area (Å²) in [7, 11) is 0. The van der Waals surface area contributed by atoms with E-state index in [1.54, 1.807) is 5.38 Å². The summed E-state index contributed by atoms with van der Waals surface area (Å²) in [6.07, 6.45) is 1.18. The quantitative estimate of drug-likeness (QED) is 0.870. The number of carboxylic acids is 1. The van der Waals surface area contributed by atoms with Crippen molar-refractivity contribution >= 4 is 22.4 Å². The molecule has 0 saturated carbocycles. The van der Waals surface area contributed by atoms with Crippen LogP contribution in [0.4, 0.5) is 5.13 Å². The first-order valence-electron chi connectivity index (χ1n) is 6.17. The number of nitrogens with zero attached hydrogens (tertiary/aromatic N) is 2. The van der Waals surface area contributed by atoms with Crippen LogP contribution in [0, 0.1) is 11.8 Å². The fraction of sp³-hybridized carbons (Fsp3) is 0.667. The van der Waals surface area contributed by atoms with Gasteiger partial charge in [-0.1, -0.05) is 13.8 Å². The second kappa shape index (κ2) is 5.24. The van der Waals surface area contributed by atoms with Crippen LogP contribution in [0.2, 0.25) is 0 Å². The maximum atomic E-state index is 10.8. The van der Waals surface area contributed by atoms with Gasteiger partial charge in [0.1, 0.15) is 6.04 Å². The summed E-state index contributed by atoms with van der Waals surface area (Å²) in [6, 6.07) is -1.02. The molecule has 2 rings (SSSR count). The first-order valence-corrected chi connectivity index (χ1v) is 7.05. The molecule has 0 amide bonds. The van der Waals surface area contributed by atoms with Crippen LogP contribution in [0.3, 0.4) is 0 Å². The number of carboxylic acid groups (broad SMARTS) is 1. The number of anilines is 1. The molecule has 6 heteroatoms. The number of aliphatic carboxylic acids is 1. The summed E-state index contributed by atoms with van der Waals surface area (Å²) in [5.74, 6) is 0.342. The van der Waals surface area contributed by atoms with Crippen molar-refractivity contribution in [3.05, 3.63) is 11.1 Å². The van der Waals surface area contributed by atoms with Gasteiger partial charge < -0.3 is 15.7 Å². The molecule has 0 spiro atoms. The molecule has 3 N–H and O–H groups in total. The Bertz CT molecular complexity index is 433. The van der Waals surface area contributed by atoms with Crippen LogP contribution in [0.15, 0.2) is 5.38 Å². The molecule has 0 bridgehead atoms. The van der Waals surface area contributed by atoms with Gasteiger partial charge in [-0.15, -0.1) is 11.3 Å². The Kier molecular flexibility index (Phi) is 3.87. The van der Waals surface area contributed by atoms with Crippen LogP contribution in [0.5, 0.6) is 0 Å². The standard InChI is InChI=1S/C12H19N3O2S/c1-7(2)8-3-4-15(5-8)12-14-9(6-18-12)10(13)11(16)17/h6-8,10H,3-5,13H2,1-2H3,(H,16,17). The zero-order valence-corrected chi connectivity index (χ0v) is 11.5. The van der Waals surface area contributed by atoms with Crippen molar-refractivity contribution in [1.29, 1.82) is 0 Å². The molecule has 2 heterocycles. The molecular formula is C12H19N3O2S. The van der Waals surface area contributed by atoms with Crippen molar-refractivity contribution in [1.82, 2.24) is 4.98 Å². The Morgan fingerprint density at radius 1 is 1.67 bits per heavy atom. The van der Waals surface area contributed by atoms with E-state index in [1.165, 1.54) is 17.8 Å². The Labute approximate surface area is 111 Å². The van der Waals surface area contributed by atoms with Gasteiger partial charge in [0.15, 0.2) is 5.13 Å². The number of rotatable bonds is 4.